The molecular formula is C27H33N3O3S. The number of aryl methyl sites for hydroxylation is 1. The number of fused-ring (bicyclic) bond motifs is 2. The number of thioether (sulfide) groups is 1. The fourth-order valence-corrected chi connectivity index (χ4v) is 5.32. The summed E-state index contributed by atoms with van der Waals surface area (Å²) in [4.78, 5) is 31.2. The van der Waals surface area contributed by atoms with Crippen molar-refractivity contribution in [3.8, 4) is 0 Å². The zero-order valence-electron chi connectivity index (χ0n) is 20.1. The number of nitrogens with zero attached hydrogens (tertiary/aromatic N) is 2. The van der Waals surface area contributed by atoms with Crippen LogP contribution in [-0.4, -0.2) is 33.4 Å². The van der Waals surface area contributed by atoms with E-state index in [-0.39, 0.29) is 28.9 Å². The summed E-state index contributed by atoms with van der Waals surface area (Å²) >= 11 is 1.34. The molecule has 2 atom stereocenters. The molecule has 1 heterocycles. The number of nitrogens with one attached hydrogen (secondary N) is 1. The summed E-state index contributed by atoms with van der Waals surface area (Å²) in [5.74, 6) is -0.0381. The van der Waals surface area contributed by atoms with Gasteiger partial charge in [0, 0.05) is 13.2 Å². The highest BCUT2D eigenvalue weighted by molar-refractivity contribution is 8.00. The maximum Gasteiger partial charge on any atom is 0.262 e. The van der Waals surface area contributed by atoms with E-state index in [2.05, 4.69) is 23.5 Å². The van der Waals surface area contributed by atoms with Gasteiger partial charge in [0.15, 0.2) is 5.16 Å². The van der Waals surface area contributed by atoms with Crippen molar-refractivity contribution < 1.29 is 9.53 Å². The first kappa shape index (κ1) is 24.5. The molecule has 1 N–H and O–H groups in total. The third-order valence-electron chi connectivity index (χ3n) is 6.14. The van der Waals surface area contributed by atoms with E-state index in [1.165, 1.54) is 22.9 Å². The number of carbonyl (C=O) groups is 1. The van der Waals surface area contributed by atoms with Crippen molar-refractivity contribution in [1.82, 2.24) is 14.9 Å². The van der Waals surface area contributed by atoms with Crippen LogP contribution in [-0.2, 0) is 22.5 Å². The number of aromatic nitrogens is 2. The molecule has 0 unspecified atom stereocenters. The van der Waals surface area contributed by atoms with E-state index in [9.17, 15) is 9.59 Å². The highest BCUT2D eigenvalue weighted by Gasteiger charge is 2.25. The topological polar surface area (TPSA) is 73.2 Å². The van der Waals surface area contributed by atoms with E-state index >= 15 is 0 Å². The standard InChI is InChI=1S/C27H33N3O3S/c1-18(2)33-17-9-16-30-26(32)22-13-6-7-14-24(22)29-27(30)34-19(3)25(31)28-23-15-8-11-20-10-4-5-12-21(20)23/h4-7,10,12-14,18-19,23H,8-9,11,15-17H2,1-3H3,(H,28,31)/t19-,23+/m1/s1. The van der Waals surface area contributed by atoms with Crippen LogP contribution >= 0.6 is 11.8 Å². The van der Waals surface area contributed by atoms with Crippen LogP contribution < -0.4 is 10.9 Å². The number of hydrogen-bond donors (Lipinski definition) is 1. The van der Waals surface area contributed by atoms with Gasteiger partial charge in [0.2, 0.25) is 5.91 Å². The average molecular weight is 480 g/mol. The Hall–Kier alpha value is -2.64. The Morgan fingerprint density at radius 2 is 1.94 bits per heavy atom. The summed E-state index contributed by atoms with van der Waals surface area (Å²) in [6, 6.07) is 15.7. The molecule has 1 amide bonds. The maximum atomic E-state index is 13.3. The van der Waals surface area contributed by atoms with Gasteiger partial charge in [-0.1, -0.05) is 48.2 Å². The molecule has 180 valence electrons. The normalized spacial score (nSPS) is 16.4. The molecular weight excluding hydrogens is 446 g/mol. The van der Waals surface area contributed by atoms with Gasteiger partial charge in [0.1, 0.15) is 0 Å². The van der Waals surface area contributed by atoms with Crippen molar-refractivity contribution in [2.24, 2.45) is 0 Å². The van der Waals surface area contributed by atoms with E-state index in [0.717, 1.165) is 19.3 Å². The van der Waals surface area contributed by atoms with Gasteiger partial charge in [0.05, 0.1) is 28.3 Å². The molecule has 34 heavy (non-hydrogen) atoms. The summed E-state index contributed by atoms with van der Waals surface area (Å²) in [6.07, 6.45) is 3.91. The second-order valence-corrected chi connectivity index (χ2v) is 10.4. The SMILES string of the molecule is CC(C)OCCCn1c(S[C@H](C)C(=O)N[C@H]2CCCc3ccccc32)nc2ccccc2c1=O. The van der Waals surface area contributed by atoms with Crippen LogP contribution in [0.4, 0.5) is 0 Å². The average Bonchev–Trinajstić information content (AvgIpc) is 2.83. The fourth-order valence-electron chi connectivity index (χ4n) is 4.38. The van der Waals surface area contributed by atoms with Crippen LogP contribution in [0.25, 0.3) is 10.9 Å². The summed E-state index contributed by atoms with van der Waals surface area (Å²) in [5.41, 5.74) is 3.10. The van der Waals surface area contributed by atoms with Crippen molar-refractivity contribution in [3.05, 3.63) is 70.0 Å². The Morgan fingerprint density at radius 3 is 2.76 bits per heavy atom. The number of rotatable bonds is 9. The number of amides is 1. The number of carbonyl (C=O) groups excluding carboxylic acids is 1. The Balaban J connectivity index is 1.52. The third kappa shape index (κ3) is 5.70. The quantitative estimate of drug-likeness (QED) is 0.269. The number of benzene rings is 2. The van der Waals surface area contributed by atoms with Crippen molar-refractivity contribution in [2.75, 3.05) is 6.61 Å². The van der Waals surface area contributed by atoms with Gasteiger partial charge in [-0.05, 0) is 69.7 Å². The van der Waals surface area contributed by atoms with Crippen molar-refractivity contribution in [3.63, 3.8) is 0 Å². The predicted octanol–water partition coefficient (Wildman–Crippen LogP) is 4.89. The highest BCUT2D eigenvalue weighted by Crippen LogP contribution is 2.30. The Bertz CT molecular complexity index is 1210. The second kappa shape index (κ2) is 11.2. The first-order valence-corrected chi connectivity index (χ1v) is 13.0. The summed E-state index contributed by atoms with van der Waals surface area (Å²) in [6.45, 7) is 6.93. The van der Waals surface area contributed by atoms with Gasteiger partial charge in [-0.3, -0.25) is 14.2 Å². The monoisotopic (exact) mass is 479 g/mol. The first-order valence-electron chi connectivity index (χ1n) is 12.1. The van der Waals surface area contributed by atoms with Gasteiger partial charge in [-0.15, -0.1) is 0 Å². The highest BCUT2D eigenvalue weighted by atomic mass is 32.2. The van der Waals surface area contributed by atoms with Gasteiger partial charge in [0.25, 0.3) is 5.56 Å². The molecule has 6 nitrogen and oxygen atoms in total. The van der Waals surface area contributed by atoms with Crippen LogP contribution in [0.3, 0.4) is 0 Å². The van der Waals surface area contributed by atoms with E-state index in [1.807, 2.05) is 45.0 Å². The summed E-state index contributed by atoms with van der Waals surface area (Å²) < 4.78 is 7.35. The zero-order valence-corrected chi connectivity index (χ0v) is 20.9. The fraction of sp³-hybridized carbons (Fsp3) is 0.444. The lowest BCUT2D eigenvalue weighted by molar-refractivity contribution is -0.121. The molecule has 2 aromatic carbocycles. The lowest BCUT2D eigenvalue weighted by atomic mass is 9.88. The van der Waals surface area contributed by atoms with Gasteiger partial charge in [-0.25, -0.2) is 4.98 Å². The van der Waals surface area contributed by atoms with Crippen LogP contribution in [0.15, 0.2) is 58.5 Å². The summed E-state index contributed by atoms with van der Waals surface area (Å²) in [5, 5.41) is 4.01. The van der Waals surface area contributed by atoms with Gasteiger partial charge < -0.3 is 10.1 Å². The van der Waals surface area contributed by atoms with E-state index in [0.29, 0.717) is 35.6 Å². The number of ether oxygens (including phenoxy) is 1. The molecule has 7 heteroatoms. The molecule has 1 aromatic heterocycles. The minimum Gasteiger partial charge on any atom is -0.379 e. The molecule has 0 fully saturated rings. The van der Waals surface area contributed by atoms with Crippen molar-refractivity contribution >= 4 is 28.6 Å². The summed E-state index contributed by atoms with van der Waals surface area (Å²) in [7, 11) is 0. The maximum absolute atomic E-state index is 13.3. The lowest BCUT2D eigenvalue weighted by Crippen LogP contribution is -2.36. The minimum atomic E-state index is -0.389. The molecule has 0 saturated heterocycles. The minimum absolute atomic E-state index is 0.0282. The molecule has 3 aromatic rings. The van der Waals surface area contributed by atoms with E-state index in [1.54, 1.807) is 10.6 Å². The molecule has 1 aliphatic rings. The van der Waals surface area contributed by atoms with Gasteiger partial charge in [-0.2, -0.15) is 0 Å². The molecule has 0 spiro atoms. The smallest absolute Gasteiger partial charge is 0.262 e. The number of para-hydroxylation sites is 1. The van der Waals surface area contributed by atoms with Crippen LogP contribution in [0.2, 0.25) is 0 Å². The van der Waals surface area contributed by atoms with Crippen LogP contribution in [0.1, 0.15) is 57.2 Å². The van der Waals surface area contributed by atoms with E-state index < -0.39 is 0 Å². The largest absolute Gasteiger partial charge is 0.379 e. The molecule has 4 rings (SSSR count). The Kier molecular flexibility index (Phi) is 8.06. The molecule has 0 radical (unpaired) electrons. The Labute approximate surface area is 205 Å². The molecule has 0 bridgehead atoms. The Morgan fingerprint density at radius 1 is 1.18 bits per heavy atom. The first-order chi connectivity index (χ1) is 16.4. The molecule has 0 saturated carbocycles. The van der Waals surface area contributed by atoms with Crippen LogP contribution in [0, 0.1) is 0 Å². The molecule has 0 aliphatic heterocycles. The van der Waals surface area contributed by atoms with Crippen molar-refractivity contribution in [1.29, 1.82) is 0 Å². The predicted molar refractivity (Wildman–Crippen MR) is 137 cm³/mol. The lowest BCUT2D eigenvalue weighted by Gasteiger charge is -2.27. The van der Waals surface area contributed by atoms with Crippen molar-refractivity contribution in [2.45, 2.75) is 75.6 Å². The zero-order chi connectivity index (χ0) is 24.1. The third-order valence-corrected chi connectivity index (χ3v) is 7.23. The molecule has 1 aliphatic carbocycles. The van der Waals surface area contributed by atoms with E-state index in [4.69, 9.17) is 9.72 Å². The van der Waals surface area contributed by atoms with Crippen LogP contribution in [0.5, 0.6) is 0 Å². The second-order valence-electron chi connectivity index (χ2n) is 9.05. The van der Waals surface area contributed by atoms with Gasteiger partial charge >= 0.3 is 0 Å². The number of hydrogen-bond acceptors (Lipinski definition) is 5.